The van der Waals surface area contributed by atoms with Crippen molar-refractivity contribution in [3.63, 3.8) is 0 Å². The standard InChI is InChI=1S/C11H10BrO/c1-6-3-4-8-5-7(2)11(13)9(8)10(6)12/h3-4,7H,2,5H2,1H3/q+1. The molecule has 0 fully saturated rings. The summed E-state index contributed by atoms with van der Waals surface area (Å²) in [6, 6.07) is 4.06. The molecule has 1 atom stereocenters. The Bertz CT molecular complexity index is 382. The van der Waals surface area contributed by atoms with Gasteiger partial charge < -0.3 is 0 Å². The Labute approximate surface area is 86.3 Å². The molecule has 0 N–H and O–H groups in total. The fraction of sp³-hybridized carbons (Fsp3) is 0.273. The maximum absolute atomic E-state index is 11.7. The van der Waals surface area contributed by atoms with Crippen molar-refractivity contribution in [1.82, 2.24) is 0 Å². The molecule has 0 saturated carbocycles. The van der Waals surface area contributed by atoms with Gasteiger partial charge in [0.05, 0.1) is 6.92 Å². The molecular formula is C11H10BrO+. The summed E-state index contributed by atoms with van der Waals surface area (Å²) < 4.78 is 0.946. The number of hydrogen-bond donors (Lipinski definition) is 0. The van der Waals surface area contributed by atoms with Crippen molar-refractivity contribution in [2.24, 2.45) is 5.92 Å². The topological polar surface area (TPSA) is 17.1 Å². The van der Waals surface area contributed by atoms with Crippen LogP contribution in [0.1, 0.15) is 21.5 Å². The fourth-order valence-electron chi connectivity index (χ4n) is 1.72. The summed E-state index contributed by atoms with van der Waals surface area (Å²) >= 11 is 3.45. The summed E-state index contributed by atoms with van der Waals surface area (Å²) in [6.45, 7) is 5.83. The molecule has 0 heterocycles. The molecule has 0 aromatic heterocycles. The van der Waals surface area contributed by atoms with Gasteiger partial charge in [0.2, 0.25) is 5.78 Å². The van der Waals surface area contributed by atoms with E-state index in [0.29, 0.717) is 0 Å². The van der Waals surface area contributed by atoms with E-state index in [4.69, 9.17) is 0 Å². The first-order valence-electron chi connectivity index (χ1n) is 4.26. The highest BCUT2D eigenvalue weighted by atomic mass is 79.9. The van der Waals surface area contributed by atoms with E-state index in [0.717, 1.165) is 27.6 Å². The van der Waals surface area contributed by atoms with E-state index in [-0.39, 0.29) is 11.7 Å². The average Bonchev–Trinajstić information content (AvgIpc) is 2.37. The van der Waals surface area contributed by atoms with Crippen LogP contribution < -0.4 is 0 Å². The van der Waals surface area contributed by atoms with E-state index >= 15 is 0 Å². The van der Waals surface area contributed by atoms with Crippen LogP contribution in [0, 0.1) is 19.8 Å². The smallest absolute Gasteiger partial charge is 0.211 e. The maximum Gasteiger partial charge on any atom is 0.211 e. The van der Waals surface area contributed by atoms with Crippen molar-refractivity contribution in [3.05, 3.63) is 40.2 Å². The second-order valence-corrected chi connectivity index (χ2v) is 4.29. The molecule has 1 unspecified atom stereocenters. The Kier molecular flexibility index (Phi) is 1.95. The zero-order valence-corrected chi connectivity index (χ0v) is 9.02. The number of carbonyl (C=O) groups is 1. The molecule has 0 radical (unpaired) electrons. The summed E-state index contributed by atoms with van der Waals surface area (Å²) in [4.78, 5) is 11.7. The van der Waals surface area contributed by atoms with Crippen molar-refractivity contribution >= 4 is 21.7 Å². The fourth-order valence-corrected chi connectivity index (χ4v) is 2.30. The molecule has 1 aromatic carbocycles. The number of halogens is 1. The van der Waals surface area contributed by atoms with Gasteiger partial charge in [-0.05, 0) is 34.0 Å². The van der Waals surface area contributed by atoms with Crippen LogP contribution in [0.15, 0.2) is 16.6 Å². The number of fused-ring (bicyclic) bond motifs is 1. The molecule has 0 aliphatic heterocycles. The molecule has 13 heavy (non-hydrogen) atoms. The second kappa shape index (κ2) is 2.88. The lowest BCUT2D eigenvalue weighted by molar-refractivity contribution is 0.0958. The van der Waals surface area contributed by atoms with E-state index < -0.39 is 0 Å². The zero-order valence-electron chi connectivity index (χ0n) is 7.43. The van der Waals surface area contributed by atoms with E-state index in [9.17, 15) is 4.79 Å². The lowest BCUT2D eigenvalue weighted by Gasteiger charge is -2.02. The Hall–Kier alpha value is -0.760. The van der Waals surface area contributed by atoms with E-state index in [1.807, 2.05) is 19.1 Å². The number of ketones is 1. The average molecular weight is 238 g/mol. The van der Waals surface area contributed by atoms with Crippen LogP contribution in [0.3, 0.4) is 0 Å². The van der Waals surface area contributed by atoms with Gasteiger partial charge in [0.1, 0.15) is 0 Å². The lowest BCUT2D eigenvalue weighted by Crippen LogP contribution is -2.04. The molecule has 0 bridgehead atoms. The molecule has 66 valence electrons. The maximum atomic E-state index is 11.7. The van der Waals surface area contributed by atoms with Crippen molar-refractivity contribution in [2.45, 2.75) is 13.3 Å². The summed E-state index contributed by atoms with van der Waals surface area (Å²) in [5.74, 6) is 0.0821. The van der Waals surface area contributed by atoms with Crippen LogP contribution in [0.25, 0.3) is 0 Å². The predicted molar refractivity (Wildman–Crippen MR) is 55.8 cm³/mol. The Morgan fingerprint density at radius 1 is 1.54 bits per heavy atom. The van der Waals surface area contributed by atoms with Gasteiger partial charge in [-0.25, -0.2) is 0 Å². The minimum atomic E-state index is -0.0897. The van der Waals surface area contributed by atoms with Gasteiger partial charge in [0.25, 0.3) is 0 Å². The molecule has 0 amide bonds. The molecule has 1 aromatic rings. The van der Waals surface area contributed by atoms with Gasteiger partial charge in [-0.1, -0.05) is 12.1 Å². The molecule has 1 aliphatic rings. The Morgan fingerprint density at radius 2 is 2.23 bits per heavy atom. The summed E-state index contributed by atoms with van der Waals surface area (Å²) in [6.07, 6.45) is 0.785. The molecule has 2 rings (SSSR count). The zero-order chi connectivity index (χ0) is 9.59. The van der Waals surface area contributed by atoms with Crippen molar-refractivity contribution in [2.75, 3.05) is 0 Å². The first kappa shape index (κ1) is 8.82. The van der Waals surface area contributed by atoms with Gasteiger partial charge in [0.15, 0.2) is 5.92 Å². The highest BCUT2D eigenvalue weighted by Gasteiger charge is 2.33. The lowest BCUT2D eigenvalue weighted by atomic mass is 10.1. The number of hydrogen-bond acceptors (Lipinski definition) is 1. The Morgan fingerprint density at radius 3 is 2.92 bits per heavy atom. The minimum absolute atomic E-state index is 0.0897. The van der Waals surface area contributed by atoms with Gasteiger partial charge in [-0.3, -0.25) is 4.79 Å². The van der Waals surface area contributed by atoms with Crippen molar-refractivity contribution in [3.8, 4) is 0 Å². The van der Waals surface area contributed by atoms with Gasteiger partial charge in [-0.15, -0.1) is 0 Å². The number of aryl methyl sites for hydroxylation is 1. The molecule has 1 aliphatic carbocycles. The molecule has 0 spiro atoms. The third kappa shape index (κ3) is 1.20. The van der Waals surface area contributed by atoms with Gasteiger partial charge in [-0.2, -0.15) is 0 Å². The quantitative estimate of drug-likeness (QED) is 0.635. The minimum Gasteiger partial charge on any atom is -0.289 e. The van der Waals surface area contributed by atoms with E-state index in [1.54, 1.807) is 0 Å². The SMILES string of the molecule is [CH2+]C1Cc2ccc(C)c(Br)c2C1=O. The van der Waals surface area contributed by atoms with Crippen LogP contribution >= 0.6 is 15.9 Å². The highest BCUT2D eigenvalue weighted by molar-refractivity contribution is 9.10. The van der Waals surface area contributed by atoms with Crippen LogP contribution in [0.4, 0.5) is 0 Å². The molecule has 0 saturated heterocycles. The second-order valence-electron chi connectivity index (χ2n) is 3.50. The summed E-state index contributed by atoms with van der Waals surface area (Å²) in [5.41, 5.74) is 3.09. The molecule has 2 heteroatoms. The molecular weight excluding hydrogens is 228 g/mol. The van der Waals surface area contributed by atoms with Crippen molar-refractivity contribution in [1.29, 1.82) is 0 Å². The summed E-state index contributed by atoms with van der Waals surface area (Å²) in [7, 11) is 0. The Balaban J connectivity index is 2.66. The van der Waals surface area contributed by atoms with E-state index in [1.165, 1.54) is 0 Å². The number of rotatable bonds is 0. The third-order valence-corrected chi connectivity index (χ3v) is 3.53. The van der Waals surface area contributed by atoms with Gasteiger partial charge in [0, 0.05) is 16.5 Å². The van der Waals surface area contributed by atoms with Crippen LogP contribution in [0.2, 0.25) is 0 Å². The first-order valence-corrected chi connectivity index (χ1v) is 5.06. The van der Waals surface area contributed by atoms with Crippen LogP contribution in [-0.4, -0.2) is 5.78 Å². The van der Waals surface area contributed by atoms with Crippen LogP contribution in [0.5, 0.6) is 0 Å². The van der Waals surface area contributed by atoms with E-state index in [2.05, 4.69) is 22.9 Å². The first-order chi connectivity index (χ1) is 6.11. The molecule has 1 nitrogen and oxygen atoms in total. The summed E-state index contributed by atoms with van der Waals surface area (Å²) in [5, 5.41) is 0. The van der Waals surface area contributed by atoms with Crippen LogP contribution in [-0.2, 0) is 6.42 Å². The normalized spacial score (nSPS) is 20.5. The number of carbonyl (C=O) groups excluding carboxylic acids is 1. The monoisotopic (exact) mass is 237 g/mol. The highest BCUT2D eigenvalue weighted by Crippen LogP contribution is 2.33. The predicted octanol–water partition coefficient (Wildman–Crippen LogP) is 2.95. The number of benzene rings is 1. The largest absolute Gasteiger partial charge is 0.289 e. The number of Topliss-reactive ketones (excluding diaryl/α,β-unsaturated/α-hetero) is 1. The van der Waals surface area contributed by atoms with Crippen molar-refractivity contribution < 1.29 is 4.79 Å². The third-order valence-electron chi connectivity index (χ3n) is 2.50. The van der Waals surface area contributed by atoms with Gasteiger partial charge >= 0.3 is 0 Å².